The second kappa shape index (κ2) is 4.77. The number of carbonyl (C=O) groups is 1. The van der Waals surface area contributed by atoms with Crippen molar-refractivity contribution in [1.82, 2.24) is 5.43 Å². The van der Waals surface area contributed by atoms with Gasteiger partial charge in [-0.15, -0.1) is 23.2 Å². The average molecular weight is 277 g/mol. The van der Waals surface area contributed by atoms with Crippen LogP contribution in [0, 0.1) is 11.3 Å². The quantitative estimate of drug-likeness (QED) is 0.480. The Morgan fingerprint density at radius 1 is 1.35 bits per heavy atom. The maximum absolute atomic E-state index is 11.8. The lowest BCUT2D eigenvalue weighted by Gasteiger charge is -2.19. The summed E-state index contributed by atoms with van der Waals surface area (Å²) in [7, 11) is 0. The number of nitrogens with zero attached hydrogens (tertiary/aromatic N) is 1. The number of hydrazone groups is 1. The minimum atomic E-state index is -0.716. The third-order valence-electron chi connectivity index (χ3n) is 3.80. The van der Waals surface area contributed by atoms with Gasteiger partial charge >= 0.3 is 0 Å². The first-order chi connectivity index (χ1) is 7.95. The second-order valence-corrected chi connectivity index (χ2v) is 6.85. The molecule has 0 saturated heterocycles. The van der Waals surface area contributed by atoms with Crippen LogP contribution < -0.4 is 5.43 Å². The number of halogens is 2. The van der Waals surface area contributed by atoms with Gasteiger partial charge in [-0.05, 0) is 19.3 Å². The SMILES string of the molecule is CC1(C=NNC(=O)C2CCCCC2)CC1(Cl)Cl. The molecule has 0 bridgehead atoms. The number of nitrogens with one attached hydrogen (secondary N) is 1. The highest BCUT2D eigenvalue weighted by atomic mass is 35.5. The molecular weight excluding hydrogens is 259 g/mol. The Morgan fingerprint density at radius 2 is 1.94 bits per heavy atom. The fourth-order valence-corrected chi connectivity index (χ4v) is 2.90. The molecule has 2 aliphatic rings. The lowest BCUT2D eigenvalue weighted by atomic mass is 9.89. The zero-order valence-electron chi connectivity index (χ0n) is 10.0. The van der Waals surface area contributed by atoms with Crippen LogP contribution in [0.1, 0.15) is 45.4 Å². The summed E-state index contributed by atoms with van der Waals surface area (Å²) in [4.78, 5) is 11.8. The van der Waals surface area contributed by atoms with Gasteiger partial charge in [0.15, 0.2) is 0 Å². The molecule has 2 rings (SSSR count). The lowest BCUT2D eigenvalue weighted by molar-refractivity contribution is -0.125. The van der Waals surface area contributed by atoms with Gasteiger partial charge in [0.05, 0.1) is 0 Å². The molecule has 2 fully saturated rings. The number of alkyl halides is 2. The van der Waals surface area contributed by atoms with Gasteiger partial charge < -0.3 is 0 Å². The maximum atomic E-state index is 11.8. The summed E-state index contributed by atoms with van der Waals surface area (Å²) in [5, 5.41) is 3.98. The molecule has 1 N–H and O–H groups in total. The van der Waals surface area contributed by atoms with Crippen molar-refractivity contribution in [1.29, 1.82) is 0 Å². The van der Waals surface area contributed by atoms with Crippen molar-refractivity contribution < 1.29 is 4.79 Å². The average Bonchev–Trinajstić information content (AvgIpc) is 2.79. The molecule has 1 amide bonds. The second-order valence-electron chi connectivity index (χ2n) is 5.37. The fourth-order valence-electron chi connectivity index (χ4n) is 2.25. The van der Waals surface area contributed by atoms with E-state index in [9.17, 15) is 4.79 Å². The summed E-state index contributed by atoms with van der Waals surface area (Å²) in [5.74, 6) is 0.157. The molecule has 1 unspecified atom stereocenters. The van der Waals surface area contributed by atoms with Gasteiger partial charge in [-0.3, -0.25) is 4.79 Å². The Kier molecular flexibility index (Phi) is 3.69. The lowest BCUT2D eigenvalue weighted by Crippen LogP contribution is -2.28. The minimum absolute atomic E-state index is 0.0277. The zero-order valence-corrected chi connectivity index (χ0v) is 11.5. The van der Waals surface area contributed by atoms with E-state index >= 15 is 0 Å². The molecular formula is C12H18Cl2N2O. The standard InChI is InChI=1S/C12H18Cl2N2O/c1-11(7-12(11,13)14)8-15-16-10(17)9-5-3-2-4-6-9/h8-9H,2-7H2,1H3,(H,16,17). The number of hydrogen-bond donors (Lipinski definition) is 1. The van der Waals surface area contributed by atoms with E-state index in [4.69, 9.17) is 23.2 Å². The summed E-state index contributed by atoms with van der Waals surface area (Å²) in [6.45, 7) is 1.93. The molecule has 0 aromatic carbocycles. The van der Waals surface area contributed by atoms with E-state index < -0.39 is 4.33 Å². The van der Waals surface area contributed by atoms with E-state index in [1.54, 1.807) is 6.21 Å². The topological polar surface area (TPSA) is 41.5 Å². The summed E-state index contributed by atoms with van der Waals surface area (Å²) in [6, 6.07) is 0. The maximum Gasteiger partial charge on any atom is 0.243 e. The molecule has 0 aromatic rings. The number of rotatable bonds is 3. The minimum Gasteiger partial charge on any atom is -0.273 e. The number of carbonyl (C=O) groups excluding carboxylic acids is 1. The Hall–Kier alpha value is -0.280. The molecule has 0 aliphatic heterocycles. The van der Waals surface area contributed by atoms with Crippen molar-refractivity contribution in [3.8, 4) is 0 Å². The van der Waals surface area contributed by atoms with Crippen LogP contribution >= 0.6 is 23.2 Å². The molecule has 96 valence electrons. The first-order valence-corrected chi connectivity index (χ1v) is 6.92. The van der Waals surface area contributed by atoms with Gasteiger partial charge in [0, 0.05) is 17.5 Å². The third-order valence-corrected chi connectivity index (χ3v) is 4.93. The first kappa shape index (κ1) is 13.2. The summed E-state index contributed by atoms with van der Waals surface area (Å²) in [6.07, 6.45) is 7.84. The molecule has 3 nitrogen and oxygen atoms in total. The van der Waals surface area contributed by atoms with Crippen molar-refractivity contribution in [2.45, 2.75) is 49.8 Å². The van der Waals surface area contributed by atoms with Crippen LogP contribution in [0.25, 0.3) is 0 Å². The van der Waals surface area contributed by atoms with E-state index in [1.807, 2.05) is 6.92 Å². The van der Waals surface area contributed by atoms with Crippen LogP contribution in [0.2, 0.25) is 0 Å². The monoisotopic (exact) mass is 276 g/mol. The highest BCUT2D eigenvalue weighted by Crippen LogP contribution is 2.62. The van der Waals surface area contributed by atoms with Gasteiger partial charge in [-0.2, -0.15) is 5.10 Å². The van der Waals surface area contributed by atoms with Crippen LogP contribution in [0.5, 0.6) is 0 Å². The van der Waals surface area contributed by atoms with Crippen molar-refractivity contribution >= 4 is 35.3 Å². The highest BCUT2D eigenvalue weighted by Gasteiger charge is 2.62. The van der Waals surface area contributed by atoms with Gasteiger partial charge in [0.2, 0.25) is 5.91 Å². The smallest absolute Gasteiger partial charge is 0.243 e. The van der Waals surface area contributed by atoms with Crippen LogP contribution in [-0.2, 0) is 4.79 Å². The Balaban J connectivity index is 1.78. The van der Waals surface area contributed by atoms with Gasteiger partial charge in [-0.25, -0.2) is 5.43 Å². The largest absolute Gasteiger partial charge is 0.273 e. The predicted octanol–water partition coefficient (Wildman–Crippen LogP) is 3.25. The zero-order chi connectivity index (χ0) is 12.5. The van der Waals surface area contributed by atoms with Crippen molar-refractivity contribution in [3.63, 3.8) is 0 Å². The molecule has 0 heterocycles. The summed E-state index contributed by atoms with van der Waals surface area (Å²) in [5.41, 5.74) is 2.30. The van der Waals surface area contributed by atoms with E-state index in [2.05, 4.69) is 10.5 Å². The molecule has 5 heteroatoms. The first-order valence-electron chi connectivity index (χ1n) is 6.16. The molecule has 2 aliphatic carbocycles. The molecule has 0 radical (unpaired) electrons. The van der Waals surface area contributed by atoms with Crippen molar-refractivity contribution in [2.75, 3.05) is 0 Å². The van der Waals surface area contributed by atoms with Gasteiger partial charge in [-0.1, -0.05) is 26.2 Å². The fraction of sp³-hybridized carbons (Fsp3) is 0.833. The summed E-state index contributed by atoms with van der Waals surface area (Å²) < 4.78 is -0.716. The molecule has 1 atom stereocenters. The summed E-state index contributed by atoms with van der Waals surface area (Å²) >= 11 is 11.9. The van der Waals surface area contributed by atoms with E-state index in [0.717, 1.165) is 25.7 Å². The molecule has 2 saturated carbocycles. The number of hydrogen-bond acceptors (Lipinski definition) is 2. The van der Waals surface area contributed by atoms with Gasteiger partial charge in [0.25, 0.3) is 0 Å². The Labute approximate surface area is 112 Å². The van der Waals surface area contributed by atoms with Crippen LogP contribution in [0.15, 0.2) is 5.10 Å². The molecule has 0 aromatic heterocycles. The molecule has 17 heavy (non-hydrogen) atoms. The van der Waals surface area contributed by atoms with E-state index in [1.165, 1.54) is 6.42 Å². The third kappa shape index (κ3) is 2.94. The normalized spacial score (nSPS) is 32.6. The van der Waals surface area contributed by atoms with Gasteiger partial charge in [0.1, 0.15) is 4.33 Å². The predicted molar refractivity (Wildman–Crippen MR) is 70.4 cm³/mol. The van der Waals surface area contributed by atoms with Crippen LogP contribution in [0.3, 0.4) is 0 Å². The molecule has 0 spiro atoms. The van der Waals surface area contributed by atoms with Crippen molar-refractivity contribution in [2.24, 2.45) is 16.4 Å². The Morgan fingerprint density at radius 3 is 2.47 bits per heavy atom. The van der Waals surface area contributed by atoms with E-state index in [0.29, 0.717) is 6.42 Å². The number of amides is 1. The highest BCUT2D eigenvalue weighted by molar-refractivity contribution is 6.52. The van der Waals surface area contributed by atoms with Crippen molar-refractivity contribution in [3.05, 3.63) is 0 Å². The van der Waals surface area contributed by atoms with Crippen LogP contribution in [0.4, 0.5) is 0 Å². The van der Waals surface area contributed by atoms with Crippen LogP contribution in [-0.4, -0.2) is 16.5 Å². The van der Waals surface area contributed by atoms with E-state index in [-0.39, 0.29) is 17.2 Å². The Bertz CT molecular complexity index is 337.